The second kappa shape index (κ2) is 6.37. The van der Waals surface area contributed by atoms with Gasteiger partial charge in [-0.3, -0.25) is 0 Å². The molecule has 6 fully saturated rings. The Hall–Kier alpha value is -0.0800. The second-order valence-corrected chi connectivity index (χ2v) is 15.5. The summed E-state index contributed by atoms with van der Waals surface area (Å²) in [4.78, 5) is 0. The third-order valence-electron chi connectivity index (χ3n) is 14.2. The van der Waals surface area contributed by atoms with Crippen molar-refractivity contribution in [3.05, 3.63) is 0 Å². The van der Waals surface area contributed by atoms with Gasteiger partial charge in [-0.25, -0.2) is 0 Å². The molecule has 0 aromatic heterocycles. The van der Waals surface area contributed by atoms with Crippen molar-refractivity contribution in [2.45, 2.75) is 124 Å². The molecule has 1 aliphatic heterocycles. The molecule has 1 saturated heterocycles. The molecule has 1 N–H and O–H groups in total. The van der Waals surface area contributed by atoms with Crippen LogP contribution in [0.2, 0.25) is 0 Å². The fourth-order valence-corrected chi connectivity index (χ4v) is 11.9. The molecule has 2 nitrogen and oxygen atoms in total. The van der Waals surface area contributed by atoms with Crippen molar-refractivity contribution in [1.29, 1.82) is 0 Å². The Balaban J connectivity index is 1.39. The number of hydrogen-bond acceptors (Lipinski definition) is 2. The summed E-state index contributed by atoms with van der Waals surface area (Å²) < 4.78 is 6.11. The van der Waals surface area contributed by atoms with Crippen LogP contribution < -0.4 is 0 Å². The van der Waals surface area contributed by atoms with Crippen LogP contribution in [-0.2, 0) is 4.74 Å². The average Bonchev–Trinajstić information content (AvgIpc) is 3.36. The molecule has 0 bridgehead atoms. The highest BCUT2D eigenvalue weighted by Gasteiger charge is 2.71. The minimum absolute atomic E-state index is 0.0612. The minimum atomic E-state index is -0.120. The van der Waals surface area contributed by atoms with Gasteiger partial charge in [0.2, 0.25) is 0 Å². The van der Waals surface area contributed by atoms with Crippen molar-refractivity contribution >= 4 is 0 Å². The molecule has 0 radical (unpaired) electrons. The van der Waals surface area contributed by atoms with Crippen LogP contribution in [0.5, 0.6) is 0 Å². The Bertz CT molecular complexity index is 799. The van der Waals surface area contributed by atoms with Crippen molar-refractivity contribution in [2.75, 3.05) is 6.61 Å². The molecule has 11 unspecified atom stereocenters. The molecule has 0 spiro atoms. The first-order valence-corrected chi connectivity index (χ1v) is 14.1. The summed E-state index contributed by atoms with van der Waals surface area (Å²) in [5.41, 5.74) is 2.09. The van der Waals surface area contributed by atoms with Crippen molar-refractivity contribution in [2.24, 2.45) is 56.7 Å². The van der Waals surface area contributed by atoms with E-state index in [1.54, 1.807) is 0 Å². The highest BCUT2D eigenvalue weighted by molar-refractivity contribution is 5.20. The predicted molar refractivity (Wildman–Crippen MR) is 130 cm³/mol. The molecular weight excluding hydrogens is 392 g/mol. The molecule has 182 valence electrons. The summed E-state index contributed by atoms with van der Waals surface area (Å²) in [7, 11) is 0. The van der Waals surface area contributed by atoms with E-state index < -0.39 is 0 Å². The van der Waals surface area contributed by atoms with Gasteiger partial charge in [0, 0.05) is 0 Å². The molecule has 0 aromatic carbocycles. The van der Waals surface area contributed by atoms with Crippen LogP contribution in [0, 0.1) is 56.7 Å². The van der Waals surface area contributed by atoms with Gasteiger partial charge in [-0.05, 0) is 128 Å². The van der Waals surface area contributed by atoms with E-state index in [2.05, 4.69) is 48.5 Å². The first kappa shape index (κ1) is 22.4. The zero-order valence-electron chi connectivity index (χ0n) is 22.1. The molecule has 11 atom stereocenters. The molecule has 0 amide bonds. The zero-order chi connectivity index (χ0) is 22.9. The van der Waals surface area contributed by atoms with Crippen molar-refractivity contribution in [3.8, 4) is 0 Å². The maximum absolute atomic E-state index is 10.9. The fraction of sp³-hybridized carbons (Fsp3) is 1.00. The summed E-state index contributed by atoms with van der Waals surface area (Å²) >= 11 is 0. The number of aliphatic hydroxyl groups is 1. The quantitative estimate of drug-likeness (QED) is 0.434. The van der Waals surface area contributed by atoms with E-state index >= 15 is 0 Å². The molecule has 0 aromatic rings. The number of fused-ring (bicyclic) bond motifs is 7. The first-order chi connectivity index (χ1) is 14.8. The van der Waals surface area contributed by atoms with Crippen LogP contribution in [0.4, 0.5) is 0 Å². The van der Waals surface area contributed by atoms with Crippen LogP contribution in [0.1, 0.15) is 113 Å². The van der Waals surface area contributed by atoms with Gasteiger partial charge in [0.25, 0.3) is 0 Å². The molecule has 5 saturated carbocycles. The Morgan fingerprint density at radius 3 is 2.06 bits per heavy atom. The summed E-state index contributed by atoms with van der Waals surface area (Å²) in [6.45, 7) is 19.0. The SMILES string of the molecule is CC12CCC(C3(C)CO3)C1C1CCC3C4(C)CCC(O)C(C)(C)C4CCC3(C)C1(C)CC2. The predicted octanol–water partition coefficient (Wildman–Crippen LogP) is 7.24. The molecule has 6 aliphatic rings. The van der Waals surface area contributed by atoms with Gasteiger partial charge in [0.1, 0.15) is 0 Å². The van der Waals surface area contributed by atoms with Crippen LogP contribution in [0.15, 0.2) is 0 Å². The van der Waals surface area contributed by atoms with E-state index in [0.29, 0.717) is 27.6 Å². The minimum Gasteiger partial charge on any atom is -0.393 e. The standard InChI is InChI=1S/C30H50O2/c1-25(2)21-11-15-29(6)22(27(21,4)14-12-23(25)31)9-8-19-24-20(30(7)18-32-30)10-13-26(24,3)16-17-28(19,29)5/h19-24,31H,8-18H2,1-7H3. The number of epoxide rings is 1. The number of ether oxygens (including phenoxy) is 1. The second-order valence-electron chi connectivity index (χ2n) is 15.5. The van der Waals surface area contributed by atoms with Gasteiger partial charge < -0.3 is 9.84 Å². The summed E-state index contributed by atoms with van der Waals surface area (Å²) in [6.07, 6.45) is 13.4. The van der Waals surface area contributed by atoms with Gasteiger partial charge in [-0.15, -0.1) is 0 Å². The van der Waals surface area contributed by atoms with E-state index in [-0.39, 0.29) is 17.1 Å². The van der Waals surface area contributed by atoms with Gasteiger partial charge in [-0.1, -0.05) is 41.5 Å². The maximum atomic E-state index is 10.9. The van der Waals surface area contributed by atoms with Crippen LogP contribution in [0.3, 0.4) is 0 Å². The van der Waals surface area contributed by atoms with Gasteiger partial charge >= 0.3 is 0 Å². The number of rotatable bonds is 1. The molecule has 1 heterocycles. The lowest BCUT2D eigenvalue weighted by atomic mass is 9.32. The number of aliphatic hydroxyl groups excluding tert-OH is 1. The molecular formula is C30H50O2. The lowest BCUT2D eigenvalue weighted by Crippen LogP contribution is -2.66. The maximum Gasteiger partial charge on any atom is 0.0919 e. The Kier molecular flexibility index (Phi) is 4.46. The van der Waals surface area contributed by atoms with E-state index in [4.69, 9.17) is 4.74 Å². The van der Waals surface area contributed by atoms with Crippen LogP contribution in [0.25, 0.3) is 0 Å². The van der Waals surface area contributed by atoms with Crippen LogP contribution >= 0.6 is 0 Å². The Labute approximate surface area is 197 Å². The summed E-state index contributed by atoms with van der Waals surface area (Å²) in [5, 5.41) is 10.9. The monoisotopic (exact) mass is 442 g/mol. The molecule has 6 rings (SSSR count). The highest BCUT2D eigenvalue weighted by Crippen LogP contribution is 2.78. The van der Waals surface area contributed by atoms with E-state index in [9.17, 15) is 5.11 Å². The van der Waals surface area contributed by atoms with E-state index in [0.717, 1.165) is 36.7 Å². The number of hydrogen-bond donors (Lipinski definition) is 1. The van der Waals surface area contributed by atoms with Crippen LogP contribution in [-0.4, -0.2) is 23.4 Å². The molecule has 5 aliphatic carbocycles. The summed E-state index contributed by atoms with van der Waals surface area (Å²) in [6, 6.07) is 0. The van der Waals surface area contributed by atoms with Crippen molar-refractivity contribution in [3.63, 3.8) is 0 Å². The first-order valence-electron chi connectivity index (χ1n) is 14.1. The van der Waals surface area contributed by atoms with E-state index in [1.165, 1.54) is 57.8 Å². The molecule has 2 heteroatoms. The fourth-order valence-electron chi connectivity index (χ4n) is 11.9. The zero-order valence-corrected chi connectivity index (χ0v) is 22.1. The average molecular weight is 443 g/mol. The van der Waals surface area contributed by atoms with Crippen molar-refractivity contribution < 1.29 is 9.84 Å². The smallest absolute Gasteiger partial charge is 0.0919 e. The Morgan fingerprint density at radius 2 is 1.38 bits per heavy atom. The topological polar surface area (TPSA) is 32.8 Å². The van der Waals surface area contributed by atoms with Gasteiger partial charge in [-0.2, -0.15) is 0 Å². The summed E-state index contributed by atoms with van der Waals surface area (Å²) in [5.74, 6) is 4.01. The lowest BCUT2D eigenvalue weighted by Gasteiger charge is -2.73. The third kappa shape index (κ3) is 2.51. The normalized spacial score (nSPS) is 63.0. The van der Waals surface area contributed by atoms with Gasteiger partial charge in [0.05, 0.1) is 18.3 Å². The third-order valence-corrected chi connectivity index (χ3v) is 14.2. The largest absolute Gasteiger partial charge is 0.393 e. The van der Waals surface area contributed by atoms with Gasteiger partial charge in [0.15, 0.2) is 0 Å². The Morgan fingerprint density at radius 1 is 0.656 bits per heavy atom. The highest BCUT2D eigenvalue weighted by atomic mass is 16.6. The van der Waals surface area contributed by atoms with Crippen molar-refractivity contribution in [1.82, 2.24) is 0 Å². The lowest BCUT2D eigenvalue weighted by molar-refractivity contribution is -0.248. The molecule has 32 heavy (non-hydrogen) atoms. The van der Waals surface area contributed by atoms with E-state index in [1.807, 2.05) is 0 Å².